The average molecular weight is 236 g/mol. The van der Waals surface area contributed by atoms with Crippen LogP contribution < -0.4 is 11.3 Å². The molecule has 0 radical (unpaired) electrons. The van der Waals surface area contributed by atoms with E-state index in [1.807, 2.05) is 0 Å². The second-order valence-electron chi connectivity index (χ2n) is 4.22. The number of nitrogens with two attached hydrogens (primary N) is 1. The van der Waals surface area contributed by atoms with Crippen molar-refractivity contribution in [2.45, 2.75) is 39.2 Å². The molecule has 0 heterocycles. The molecular formula is C14H24N2O. The first-order chi connectivity index (χ1) is 8.31. The monoisotopic (exact) mass is 236 g/mol. The van der Waals surface area contributed by atoms with E-state index in [9.17, 15) is 0 Å². The quantitative estimate of drug-likeness (QED) is 0.414. The smallest absolute Gasteiger partial charge is 0.0484 e. The largest absolute Gasteiger partial charge is 0.381 e. The van der Waals surface area contributed by atoms with Gasteiger partial charge in [0.15, 0.2) is 0 Å². The highest BCUT2D eigenvalue weighted by Crippen LogP contribution is 2.17. The van der Waals surface area contributed by atoms with Crippen molar-refractivity contribution in [3.05, 3.63) is 35.4 Å². The molecule has 3 nitrogen and oxygen atoms in total. The van der Waals surface area contributed by atoms with Crippen LogP contribution in [0.5, 0.6) is 0 Å². The molecule has 0 bridgehead atoms. The van der Waals surface area contributed by atoms with Gasteiger partial charge in [0.1, 0.15) is 0 Å². The molecule has 0 aliphatic carbocycles. The van der Waals surface area contributed by atoms with E-state index in [-0.39, 0.29) is 6.04 Å². The Balaban J connectivity index is 2.47. The van der Waals surface area contributed by atoms with Gasteiger partial charge in [-0.2, -0.15) is 0 Å². The van der Waals surface area contributed by atoms with Gasteiger partial charge in [-0.1, -0.05) is 38.1 Å². The lowest BCUT2D eigenvalue weighted by atomic mass is 10.0. The lowest BCUT2D eigenvalue weighted by Gasteiger charge is -2.16. The predicted molar refractivity (Wildman–Crippen MR) is 71.6 cm³/mol. The Bertz CT molecular complexity index is 298. The van der Waals surface area contributed by atoms with E-state index in [1.54, 1.807) is 0 Å². The summed E-state index contributed by atoms with van der Waals surface area (Å²) in [7, 11) is 0. The van der Waals surface area contributed by atoms with Crippen molar-refractivity contribution in [2.24, 2.45) is 5.84 Å². The van der Waals surface area contributed by atoms with Gasteiger partial charge in [-0.15, -0.1) is 0 Å². The molecule has 0 aliphatic heterocycles. The standard InChI is InChI=1S/C14H24N2O/c1-3-10-17-11-9-14(16-15)13-7-5-12(4-2)6-8-13/h5-8,14,16H,3-4,9-11,15H2,1-2H3. The molecular weight excluding hydrogens is 212 g/mol. The minimum atomic E-state index is 0.178. The molecule has 1 atom stereocenters. The fourth-order valence-electron chi connectivity index (χ4n) is 1.78. The highest BCUT2D eigenvalue weighted by Gasteiger charge is 2.08. The maximum atomic E-state index is 5.58. The van der Waals surface area contributed by atoms with Crippen LogP contribution in [-0.2, 0) is 11.2 Å². The van der Waals surface area contributed by atoms with Crippen molar-refractivity contribution in [2.75, 3.05) is 13.2 Å². The summed E-state index contributed by atoms with van der Waals surface area (Å²) in [6, 6.07) is 8.78. The van der Waals surface area contributed by atoms with E-state index in [4.69, 9.17) is 10.6 Å². The zero-order valence-corrected chi connectivity index (χ0v) is 10.9. The van der Waals surface area contributed by atoms with Gasteiger partial charge in [-0.3, -0.25) is 11.3 Å². The molecule has 3 N–H and O–H groups in total. The van der Waals surface area contributed by atoms with Gasteiger partial charge in [-0.25, -0.2) is 0 Å². The number of hydrazine groups is 1. The first-order valence-corrected chi connectivity index (χ1v) is 6.44. The highest BCUT2D eigenvalue weighted by atomic mass is 16.5. The average Bonchev–Trinajstić information content (AvgIpc) is 2.39. The van der Waals surface area contributed by atoms with Gasteiger partial charge in [0.25, 0.3) is 0 Å². The zero-order chi connectivity index (χ0) is 12.5. The molecule has 0 amide bonds. The van der Waals surface area contributed by atoms with Crippen LogP contribution >= 0.6 is 0 Å². The number of benzene rings is 1. The summed E-state index contributed by atoms with van der Waals surface area (Å²) in [5, 5.41) is 0. The van der Waals surface area contributed by atoms with Crippen molar-refractivity contribution in [1.82, 2.24) is 5.43 Å². The Labute approximate surface area is 104 Å². The molecule has 96 valence electrons. The van der Waals surface area contributed by atoms with Crippen molar-refractivity contribution >= 4 is 0 Å². The van der Waals surface area contributed by atoms with Gasteiger partial charge in [0.2, 0.25) is 0 Å². The molecule has 0 spiro atoms. The number of hydrogen-bond acceptors (Lipinski definition) is 3. The van der Waals surface area contributed by atoms with Crippen LogP contribution in [-0.4, -0.2) is 13.2 Å². The Morgan fingerprint density at radius 1 is 1.18 bits per heavy atom. The van der Waals surface area contributed by atoms with Crippen molar-refractivity contribution < 1.29 is 4.74 Å². The normalized spacial score (nSPS) is 12.6. The lowest BCUT2D eigenvalue weighted by molar-refractivity contribution is 0.124. The van der Waals surface area contributed by atoms with Gasteiger partial charge in [-0.05, 0) is 30.4 Å². The molecule has 0 aliphatic rings. The maximum Gasteiger partial charge on any atom is 0.0484 e. The number of nitrogens with one attached hydrogen (secondary N) is 1. The van der Waals surface area contributed by atoms with Crippen molar-refractivity contribution in [3.63, 3.8) is 0 Å². The van der Waals surface area contributed by atoms with E-state index >= 15 is 0 Å². The summed E-state index contributed by atoms with van der Waals surface area (Å²) in [5.41, 5.74) is 5.43. The van der Waals surface area contributed by atoms with Crippen LogP contribution in [0.15, 0.2) is 24.3 Å². The molecule has 3 heteroatoms. The Morgan fingerprint density at radius 2 is 1.88 bits per heavy atom. The van der Waals surface area contributed by atoms with Crippen LogP contribution in [0.25, 0.3) is 0 Å². The fourth-order valence-corrected chi connectivity index (χ4v) is 1.78. The number of aryl methyl sites for hydroxylation is 1. The SMILES string of the molecule is CCCOCCC(NN)c1ccc(CC)cc1. The lowest BCUT2D eigenvalue weighted by Crippen LogP contribution is -2.29. The molecule has 17 heavy (non-hydrogen) atoms. The van der Waals surface area contributed by atoms with Crippen LogP contribution in [0.1, 0.15) is 43.9 Å². The van der Waals surface area contributed by atoms with Crippen molar-refractivity contribution in [1.29, 1.82) is 0 Å². The molecule has 0 aromatic heterocycles. The summed E-state index contributed by atoms with van der Waals surface area (Å²) < 4.78 is 5.49. The molecule has 1 rings (SSSR count). The second kappa shape index (κ2) is 8.23. The third-order valence-corrected chi connectivity index (χ3v) is 2.89. The minimum absolute atomic E-state index is 0.178. The van der Waals surface area contributed by atoms with Crippen LogP contribution in [0.3, 0.4) is 0 Å². The predicted octanol–water partition coefficient (Wildman–Crippen LogP) is 2.57. The first-order valence-electron chi connectivity index (χ1n) is 6.44. The summed E-state index contributed by atoms with van der Waals surface area (Å²) in [6.45, 7) is 5.85. The summed E-state index contributed by atoms with van der Waals surface area (Å²) in [4.78, 5) is 0. The van der Waals surface area contributed by atoms with Gasteiger partial charge in [0.05, 0.1) is 0 Å². The molecule has 0 saturated carbocycles. The van der Waals surface area contributed by atoms with Gasteiger partial charge in [0, 0.05) is 19.3 Å². The Hall–Kier alpha value is -0.900. The molecule has 0 fully saturated rings. The summed E-state index contributed by atoms with van der Waals surface area (Å²) >= 11 is 0. The van der Waals surface area contributed by atoms with Crippen LogP contribution in [0, 0.1) is 0 Å². The molecule has 1 aromatic rings. The van der Waals surface area contributed by atoms with Gasteiger partial charge >= 0.3 is 0 Å². The second-order valence-corrected chi connectivity index (χ2v) is 4.22. The zero-order valence-electron chi connectivity index (χ0n) is 10.9. The van der Waals surface area contributed by atoms with E-state index in [1.165, 1.54) is 11.1 Å². The maximum absolute atomic E-state index is 5.58. The van der Waals surface area contributed by atoms with E-state index in [0.29, 0.717) is 0 Å². The highest BCUT2D eigenvalue weighted by molar-refractivity contribution is 5.24. The molecule has 1 unspecified atom stereocenters. The number of ether oxygens (including phenoxy) is 1. The van der Waals surface area contributed by atoms with Crippen LogP contribution in [0.2, 0.25) is 0 Å². The summed E-state index contributed by atoms with van der Waals surface area (Å²) in [6.07, 6.45) is 3.04. The number of rotatable bonds is 8. The van der Waals surface area contributed by atoms with Gasteiger partial charge < -0.3 is 4.74 Å². The minimum Gasteiger partial charge on any atom is -0.381 e. The Morgan fingerprint density at radius 3 is 2.41 bits per heavy atom. The van der Waals surface area contributed by atoms with Crippen molar-refractivity contribution in [3.8, 4) is 0 Å². The summed E-state index contributed by atoms with van der Waals surface area (Å²) in [5.74, 6) is 5.58. The van der Waals surface area contributed by atoms with Crippen LogP contribution in [0.4, 0.5) is 0 Å². The van der Waals surface area contributed by atoms with E-state index in [0.717, 1.165) is 32.5 Å². The third-order valence-electron chi connectivity index (χ3n) is 2.89. The molecule has 1 aromatic carbocycles. The topological polar surface area (TPSA) is 47.3 Å². The third kappa shape index (κ3) is 4.86. The first kappa shape index (κ1) is 14.2. The number of hydrogen-bond donors (Lipinski definition) is 2. The fraction of sp³-hybridized carbons (Fsp3) is 0.571. The van der Waals surface area contributed by atoms with E-state index in [2.05, 4.69) is 43.5 Å². The molecule has 0 saturated heterocycles. The Kier molecular flexibility index (Phi) is 6.86. The van der Waals surface area contributed by atoms with E-state index < -0.39 is 0 Å².